The van der Waals surface area contributed by atoms with Crippen LogP contribution in [-0.2, 0) is 0 Å². The Morgan fingerprint density at radius 2 is 0.865 bits per heavy atom. The van der Waals surface area contributed by atoms with Crippen LogP contribution in [0.2, 0.25) is 0 Å². The van der Waals surface area contributed by atoms with Gasteiger partial charge in [0, 0.05) is 21.9 Å². The molecule has 0 atom stereocenters. The van der Waals surface area contributed by atoms with E-state index in [1.807, 2.05) is 0 Å². The van der Waals surface area contributed by atoms with Gasteiger partial charge in [0.1, 0.15) is 0 Å². The predicted molar refractivity (Wildman–Crippen MR) is 158 cm³/mol. The van der Waals surface area contributed by atoms with Crippen LogP contribution in [0.15, 0.2) is 146 Å². The van der Waals surface area contributed by atoms with Gasteiger partial charge in [0.2, 0.25) is 0 Å². The molecule has 0 fully saturated rings. The Hall–Kier alpha value is -4.88. The molecule has 0 aliphatic heterocycles. The molecule has 0 saturated heterocycles. The second-order valence-electron chi connectivity index (χ2n) is 9.41. The molecule has 0 aliphatic rings. The second kappa shape index (κ2) is 8.96. The fourth-order valence-corrected chi connectivity index (χ4v) is 5.59. The van der Waals surface area contributed by atoms with Crippen LogP contribution in [0.1, 0.15) is 0 Å². The van der Waals surface area contributed by atoms with Crippen molar-refractivity contribution in [1.29, 1.82) is 0 Å². The van der Waals surface area contributed by atoms with Crippen LogP contribution in [0.3, 0.4) is 0 Å². The van der Waals surface area contributed by atoms with Crippen molar-refractivity contribution in [3.05, 3.63) is 146 Å². The molecule has 7 rings (SSSR count). The molecular formula is C36H25N. The molecule has 0 aliphatic carbocycles. The van der Waals surface area contributed by atoms with Crippen molar-refractivity contribution >= 4 is 21.8 Å². The molecule has 1 heteroatoms. The Morgan fingerprint density at radius 1 is 0.324 bits per heavy atom. The fraction of sp³-hybridized carbons (Fsp3) is 0. The molecule has 1 nitrogen and oxygen atoms in total. The predicted octanol–water partition coefficient (Wildman–Crippen LogP) is 9.99. The molecule has 0 saturated carbocycles. The standard InChI is InChI=1S/C36H25N/c1-4-13-25(14-5-1)28-20-12-21-32(34(28)27-17-8-3-9-18-27)35-29(26-15-6-2-7-16-26)23-24-31-30-19-10-11-22-33(30)37-36(31)35/h1-24,37H. The lowest BCUT2D eigenvalue weighted by molar-refractivity contribution is 1.52. The zero-order valence-electron chi connectivity index (χ0n) is 20.4. The first kappa shape index (κ1) is 21.4. The molecule has 0 bridgehead atoms. The first-order valence-corrected chi connectivity index (χ1v) is 12.7. The van der Waals surface area contributed by atoms with E-state index < -0.39 is 0 Å². The molecule has 174 valence electrons. The van der Waals surface area contributed by atoms with Crippen LogP contribution in [0.5, 0.6) is 0 Å². The van der Waals surface area contributed by atoms with E-state index in [0.717, 1.165) is 5.52 Å². The zero-order valence-corrected chi connectivity index (χ0v) is 20.4. The van der Waals surface area contributed by atoms with Crippen molar-refractivity contribution in [2.24, 2.45) is 0 Å². The maximum atomic E-state index is 3.79. The summed E-state index contributed by atoms with van der Waals surface area (Å²) in [5.41, 5.74) is 12.1. The first-order valence-electron chi connectivity index (χ1n) is 12.7. The van der Waals surface area contributed by atoms with Gasteiger partial charge >= 0.3 is 0 Å². The summed E-state index contributed by atoms with van der Waals surface area (Å²) in [6, 6.07) is 52.1. The Labute approximate surface area is 216 Å². The van der Waals surface area contributed by atoms with Gasteiger partial charge in [-0.05, 0) is 45.0 Å². The SMILES string of the molecule is c1ccc(-c2cccc(-c3c(-c4ccccc4)ccc4c3[nH]c3ccccc34)c2-c2ccccc2)cc1. The maximum Gasteiger partial charge on any atom is 0.0551 e. The Bertz CT molecular complexity index is 1850. The molecule has 1 N–H and O–H groups in total. The number of nitrogens with one attached hydrogen (secondary N) is 1. The van der Waals surface area contributed by atoms with E-state index in [1.54, 1.807) is 0 Å². The number of benzene rings is 6. The van der Waals surface area contributed by atoms with Crippen molar-refractivity contribution in [1.82, 2.24) is 4.98 Å². The van der Waals surface area contributed by atoms with Gasteiger partial charge in [0.15, 0.2) is 0 Å². The van der Waals surface area contributed by atoms with Crippen LogP contribution in [0.25, 0.3) is 66.3 Å². The van der Waals surface area contributed by atoms with Gasteiger partial charge in [-0.25, -0.2) is 0 Å². The van der Waals surface area contributed by atoms with Crippen LogP contribution < -0.4 is 0 Å². The van der Waals surface area contributed by atoms with Crippen molar-refractivity contribution in [3.63, 3.8) is 0 Å². The molecular weight excluding hydrogens is 446 g/mol. The summed E-state index contributed by atoms with van der Waals surface area (Å²) in [5, 5.41) is 2.49. The highest BCUT2D eigenvalue weighted by Crippen LogP contribution is 2.46. The molecule has 0 unspecified atom stereocenters. The third-order valence-electron chi connectivity index (χ3n) is 7.25. The van der Waals surface area contributed by atoms with E-state index in [1.165, 1.54) is 60.8 Å². The minimum absolute atomic E-state index is 1.16. The van der Waals surface area contributed by atoms with Gasteiger partial charge in [0.25, 0.3) is 0 Å². The van der Waals surface area contributed by atoms with Gasteiger partial charge in [0.05, 0.1) is 5.52 Å². The number of H-pyrrole nitrogens is 1. The molecule has 1 aromatic heterocycles. The molecule has 0 spiro atoms. The van der Waals surface area contributed by atoms with Crippen molar-refractivity contribution in [2.75, 3.05) is 0 Å². The van der Waals surface area contributed by atoms with E-state index in [9.17, 15) is 0 Å². The van der Waals surface area contributed by atoms with Crippen LogP contribution in [0, 0.1) is 0 Å². The van der Waals surface area contributed by atoms with Gasteiger partial charge in [-0.1, -0.05) is 140 Å². The highest BCUT2D eigenvalue weighted by Gasteiger charge is 2.20. The van der Waals surface area contributed by atoms with Crippen LogP contribution in [0.4, 0.5) is 0 Å². The Kier molecular flexibility index (Phi) is 5.19. The maximum absolute atomic E-state index is 3.79. The smallest absolute Gasteiger partial charge is 0.0551 e. The zero-order chi connectivity index (χ0) is 24.6. The van der Waals surface area contributed by atoms with Crippen molar-refractivity contribution in [3.8, 4) is 44.5 Å². The summed E-state index contributed by atoms with van der Waals surface area (Å²) in [7, 11) is 0. The summed E-state index contributed by atoms with van der Waals surface area (Å²) >= 11 is 0. The van der Waals surface area contributed by atoms with Gasteiger partial charge in [-0.3, -0.25) is 0 Å². The monoisotopic (exact) mass is 471 g/mol. The lowest BCUT2D eigenvalue weighted by Crippen LogP contribution is -1.94. The summed E-state index contributed by atoms with van der Waals surface area (Å²) in [5.74, 6) is 0. The summed E-state index contributed by atoms with van der Waals surface area (Å²) in [4.78, 5) is 3.79. The third-order valence-corrected chi connectivity index (χ3v) is 7.25. The van der Waals surface area contributed by atoms with Crippen LogP contribution >= 0.6 is 0 Å². The van der Waals surface area contributed by atoms with Crippen molar-refractivity contribution in [2.45, 2.75) is 0 Å². The number of aromatic amines is 1. The summed E-state index contributed by atoms with van der Waals surface area (Å²) in [6.07, 6.45) is 0. The van der Waals surface area contributed by atoms with Crippen molar-refractivity contribution < 1.29 is 0 Å². The van der Waals surface area contributed by atoms with E-state index in [2.05, 4.69) is 151 Å². The number of aromatic nitrogens is 1. The van der Waals surface area contributed by atoms with E-state index in [4.69, 9.17) is 0 Å². The topological polar surface area (TPSA) is 15.8 Å². The van der Waals surface area contributed by atoms with Crippen LogP contribution in [-0.4, -0.2) is 4.98 Å². The minimum Gasteiger partial charge on any atom is -0.354 e. The molecule has 0 amide bonds. The number of fused-ring (bicyclic) bond motifs is 3. The summed E-state index contributed by atoms with van der Waals surface area (Å²) in [6.45, 7) is 0. The normalized spacial score (nSPS) is 11.2. The molecule has 7 aromatic rings. The Balaban J connectivity index is 1.64. The lowest BCUT2D eigenvalue weighted by atomic mass is 9.84. The quantitative estimate of drug-likeness (QED) is 0.263. The average molecular weight is 472 g/mol. The van der Waals surface area contributed by atoms with E-state index in [0.29, 0.717) is 0 Å². The molecule has 0 radical (unpaired) electrons. The highest BCUT2D eigenvalue weighted by atomic mass is 14.7. The lowest BCUT2D eigenvalue weighted by Gasteiger charge is -2.19. The number of para-hydroxylation sites is 1. The number of hydrogen-bond donors (Lipinski definition) is 1. The number of rotatable bonds is 4. The van der Waals surface area contributed by atoms with Gasteiger partial charge in [-0.15, -0.1) is 0 Å². The van der Waals surface area contributed by atoms with E-state index >= 15 is 0 Å². The molecule has 6 aromatic carbocycles. The highest BCUT2D eigenvalue weighted by molar-refractivity contribution is 6.16. The molecule has 1 heterocycles. The Morgan fingerprint density at radius 3 is 1.54 bits per heavy atom. The summed E-state index contributed by atoms with van der Waals surface area (Å²) < 4.78 is 0. The van der Waals surface area contributed by atoms with E-state index in [-0.39, 0.29) is 0 Å². The first-order chi connectivity index (χ1) is 18.4. The van der Waals surface area contributed by atoms with Gasteiger partial charge < -0.3 is 4.98 Å². The number of hydrogen-bond acceptors (Lipinski definition) is 0. The minimum atomic E-state index is 1.16. The average Bonchev–Trinajstić information content (AvgIpc) is 3.36. The van der Waals surface area contributed by atoms with Gasteiger partial charge in [-0.2, -0.15) is 0 Å². The molecule has 37 heavy (non-hydrogen) atoms. The second-order valence-corrected chi connectivity index (χ2v) is 9.41. The fourth-order valence-electron chi connectivity index (χ4n) is 5.59. The largest absolute Gasteiger partial charge is 0.354 e. The third kappa shape index (κ3) is 3.64.